The maximum absolute atomic E-state index is 5.36. The van der Waals surface area contributed by atoms with Gasteiger partial charge in [0, 0.05) is 32.2 Å². The van der Waals surface area contributed by atoms with E-state index in [0.29, 0.717) is 6.04 Å². The van der Waals surface area contributed by atoms with Crippen LogP contribution in [0.1, 0.15) is 27.7 Å². The highest BCUT2D eigenvalue weighted by atomic mass is 16.5. The van der Waals surface area contributed by atoms with Crippen LogP contribution in [0.25, 0.3) is 0 Å². The Kier molecular flexibility index (Phi) is 6.32. The summed E-state index contributed by atoms with van der Waals surface area (Å²) in [6.07, 6.45) is 0. The van der Waals surface area contributed by atoms with Crippen LogP contribution in [0.15, 0.2) is 0 Å². The molecule has 1 fully saturated rings. The number of likely N-dealkylation sites (N-methyl/N-ethyl adjacent to an activating group) is 1. The van der Waals surface area contributed by atoms with E-state index in [-0.39, 0.29) is 0 Å². The van der Waals surface area contributed by atoms with Crippen molar-refractivity contribution in [2.45, 2.75) is 33.7 Å². The number of nitrogens with zero attached hydrogens (tertiary/aromatic N) is 2. The summed E-state index contributed by atoms with van der Waals surface area (Å²) in [5.74, 6) is 0.740. The van der Waals surface area contributed by atoms with E-state index < -0.39 is 0 Å². The lowest BCUT2D eigenvalue weighted by atomic mass is 10.0. The predicted molar refractivity (Wildman–Crippen MR) is 68.8 cm³/mol. The molecule has 1 aliphatic rings. The van der Waals surface area contributed by atoms with Gasteiger partial charge in [0.15, 0.2) is 0 Å². The van der Waals surface area contributed by atoms with Crippen LogP contribution in [0, 0.1) is 5.92 Å². The fourth-order valence-corrected chi connectivity index (χ4v) is 2.17. The largest absolute Gasteiger partial charge is 0.379 e. The molecule has 1 rings (SSSR count). The molecule has 0 N–H and O–H groups in total. The maximum atomic E-state index is 5.36. The second-order valence-electron chi connectivity index (χ2n) is 5.07. The topological polar surface area (TPSA) is 15.7 Å². The van der Waals surface area contributed by atoms with Crippen LogP contribution in [-0.2, 0) is 4.74 Å². The van der Waals surface area contributed by atoms with Crippen LogP contribution in [0.5, 0.6) is 0 Å². The minimum Gasteiger partial charge on any atom is -0.379 e. The van der Waals surface area contributed by atoms with Crippen LogP contribution in [0.4, 0.5) is 0 Å². The van der Waals surface area contributed by atoms with E-state index in [0.717, 1.165) is 38.8 Å². The third-order valence-corrected chi connectivity index (χ3v) is 3.75. The van der Waals surface area contributed by atoms with E-state index >= 15 is 0 Å². The molecule has 1 saturated heterocycles. The molecule has 0 unspecified atom stereocenters. The lowest BCUT2D eigenvalue weighted by Gasteiger charge is -2.34. The second kappa shape index (κ2) is 7.25. The van der Waals surface area contributed by atoms with Crippen molar-refractivity contribution >= 4 is 0 Å². The summed E-state index contributed by atoms with van der Waals surface area (Å²) in [5, 5.41) is 0. The molecule has 16 heavy (non-hydrogen) atoms. The minimum atomic E-state index is 0.686. The molecule has 1 heterocycles. The minimum absolute atomic E-state index is 0.686. The van der Waals surface area contributed by atoms with Crippen molar-refractivity contribution < 1.29 is 4.74 Å². The van der Waals surface area contributed by atoms with Crippen LogP contribution < -0.4 is 0 Å². The quantitative estimate of drug-likeness (QED) is 0.688. The highest BCUT2D eigenvalue weighted by molar-refractivity contribution is 4.71. The summed E-state index contributed by atoms with van der Waals surface area (Å²) in [6.45, 7) is 16.8. The number of hydrogen-bond donors (Lipinski definition) is 0. The molecule has 0 spiro atoms. The van der Waals surface area contributed by atoms with Crippen molar-refractivity contribution in [3.8, 4) is 0 Å². The summed E-state index contributed by atoms with van der Waals surface area (Å²) >= 11 is 0. The first-order valence-electron chi connectivity index (χ1n) is 6.69. The summed E-state index contributed by atoms with van der Waals surface area (Å²) in [4.78, 5) is 5.10. The molecular formula is C13H28N2O. The van der Waals surface area contributed by atoms with Crippen molar-refractivity contribution in [1.29, 1.82) is 0 Å². The average Bonchev–Trinajstić information content (AvgIpc) is 2.30. The Morgan fingerprint density at radius 1 is 1.19 bits per heavy atom. The first-order valence-corrected chi connectivity index (χ1v) is 6.69. The van der Waals surface area contributed by atoms with Crippen molar-refractivity contribution in [2.24, 2.45) is 5.92 Å². The van der Waals surface area contributed by atoms with Gasteiger partial charge in [0.1, 0.15) is 0 Å². The Morgan fingerprint density at radius 2 is 1.81 bits per heavy atom. The lowest BCUT2D eigenvalue weighted by Crippen LogP contribution is -2.44. The van der Waals surface area contributed by atoms with Crippen molar-refractivity contribution in [3.63, 3.8) is 0 Å². The Labute approximate surface area is 101 Å². The molecule has 0 aromatic rings. The zero-order valence-electron chi connectivity index (χ0n) is 11.4. The van der Waals surface area contributed by atoms with Gasteiger partial charge in [-0.3, -0.25) is 9.80 Å². The normalized spacial score (nSPS) is 20.6. The van der Waals surface area contributed by atoms with Crippen molar-refractivity contribution in [2.75, 3.05) is 45.9 Å². The van der Waals surface area contributed by atoms with Crippen molar-refractivity contribution in [1.82, 2.24) is 9.80 Å². The van der Waals surface area contributed by atoms with Gasteiger partial charge < -0.3 is 4.74 Å². The van der Waals surface area contributed by atoms with Gasteiger partial charge >= 0.3 is 0 Å². The molecule has 1 aliphatic heterocycles. The van der Waals surface area contributed by atoms with E-state index in [1.54, 1.807) is 0 Å². The third-order valence-electron chi connectivity index (χ3n) is 3.75. The Balaban J connectivity index is 2.27. The number of morpholine rings is 1. The van der Waals surface area contributed by atoms with Crippen LogP contribution in [0.2, 0.25) is 0 Å². The summed E-state index contributed by atoms with van der Waals surface area (Å²) in [7, 11) is 0. The average molecular weight is 228 g/mol. The predicted octanol–water partition coefficient (Wildman–Crippen LogP) is 1.68. The van der Waals surface area contributed by atoms with Gasteiger partial charge in [0.2, 0.25) is 0 Å². The molecule has 1 atom stereocenters. The zero-order valence-corrected chi connectivity index (χ0v) is 11.4. The van der Waals surface area contributed by atoms with Crippen LogP contribution in [-0.4, -0.2) is 61.8 Å². The second-order valence-corrected chi connectivity index (χ2v) is 5.07. The first kappa shape index (κ1) is 13.9. The number of rotatable bonds is 6. The van der Waals surface area contributed by atoms with Gasteiger partial charge in [-0.05, 0) is 19.4 Å². The highest BCUT2D eigenvalue weighted by Gasteiger charge is 2.17. The fraction of sp³-hybridized carbons (Fsp3) is 1.00. The molecule has 96 valence electrons. The molecular weight excluding hydrogens is 200 g/mol. The SMILES string of the molecule is CCN(CCN1CCOCC1)[C@@H](C)C(C)C. The summed E-state index contributed by atoms with van der Waals surface area (Å²) in [6, 6.07) is 0.686. The molecule has 0 bridgehead atoms. The van der Waals surface area contributed by atoms with Crippen LogP contribution >= 0.6 is 0 Å². The van der Waals surface area contributed by atoms with Gasteiger partial charge in [-0.15, -0.1) is 0 Å². The van der Waals surface area contributed by atoms with Gasteiger partial charge in [-0.2, -0.15) is 0 Å². The van der Waals surface area contributed by atoms with Gasteiger partial charge in [0.25, 0.3) is 0 Å². The molecule has 0 radical (unpaired) electrons. The fourth-order valence-electron chi connectivity index (χ4n) is 2.17. The van der Waals surface area contributed by atoms with E-state index in [1.807, 2.05) is 0 Å². The molecule has 0 amide bonds. The Hall–Kier alpha value is -0.120. The van der Waals surface area contributed by atoms with E-state index in [4.69, 9.17) is 4.74 Å². The zero-order chi connectivity index (χ0) is 12.0. The van der Waals surface area contributed by atoms with Gasteiger partial charge in [-0.25, -0.2) is 0 Å². The highest BCUT2D eigenvalue weighted by Crippen LogP contribution is 2.09. The van der Waals surface area contributed by atoms with E-state index in [1.165, 1.54) is 13.1 Å². The molecule has 0 aliphatic carbocycles. The molecule has 3 heteroatoms. The van der Waals surface area contributed by atoms with Crippen molar-refractivity contribution in [3.05, 3.63) is 0 Å². The standard InChI is InChI=1S/C13H28N2O/c1-5-15(13(4)12(2)3)7-6-14-8-10-16-11-9-14/h12-13H,5-11H2,1-4H3/t13-/m0/s1. The molecule has 0 aromatic carbocycles. The molecule has 0 aromatic heterocycles. The molecule has 0 saturated carbocycles. The van der Waals surface area contributed by atoms with Gasteiger partial charge in [0.05, 0.1) is 13.2 Å². The maximum Gasteiger partial charge on any atom is 0.0594 e. The lowest BCUT2D eigenvalue weighted by molar-refractivity contribution is 0.0302. The van der Waals surface area contributed by atoms with E-state index in [2.05, 4.69) is 37.5 Å². The number of ether oxygens (including phenoxy) is 1. The van der Waals surface area contributed by atoms with Crippen LogP contribution in [0.3, 0.4) is 0 Å². The Bertz CT molecular complexity index is 179. The monoisotopic (exact) mass is 228 g/mol. The molecule has 3 nitrogen and oxygen atoms in total. The third kappa shape index (κ3) is 4.40. The Morgan fingerprint density at radius 3 is 2.31 bits per heavy atom. The first-order chi connectivity index (χ1) is 7.65. The smallest absolute Gasteiger partial charge is 0.0594 e. The van der Waals surface area contributed by atoms with Gasteiger partial charge in [-0.1, -0.05) is 20.8 Å². The van der Waals surface area contributed by atoms with E-state index in [9.17, 15) is 0 Å². The number of hydrogen-bond acceptors (Lipinski definition) is 3. The summed E-state index contributed by atoms with van der Waals surface area (Å²) in [5.41, 5.74) is 0. The summed E-state index contributed by atoms with van der Waals surface area (Å²) < 4.78 is 5.36.